The molecule has 0 saturated carbocycles. The van der Waals surface area contributed by atoms with Crippen LogP contribution in [0.15, 0.2) is 79.1 Å². The summed E-state index contributed by atoms with van der Waals surface area (Å²) in [6, 6.07) is 22.0. The molecule has 4 heterocycles. The van der Waals surface area contributed by atoms with Gasteiger partial charge in [-0.05, 0) is 42.2 Å². The van der Waals surface area contributed by atoms with Crippen LogP contribution in [0.3, 0.4) is 0 Å². The molecule has 1 saturated heterocycles. The maximum Gasteiger partial charge on any atom is 0.356 e. The summed E-state index contributed by atoms with van der Waals surface area (Å²) < 4.78 is 12.5. The fourth-order valence-corrected chi connectivity index (χ4v) is 5.35. The van der Waals surface area contributed by atoms with E-state index in [4.69, 9.17) is 14.5 Å². The van der Waals surface area contributed by atoms with E-state index >= 15 is 0 Å². The maximum atomic E-state index is 13.2. The number of nitrogens with one attached hydrogen (secondary N) is 2. The minimum Gasteiger partial charge on any atom is -0.464 e. The number of carbonyl (C=O) groups is 2. The Hall–Kier alpha value is -4.76. The van der Waals surface area contributed by atoms with Gasteiger partial charge in [0.05, 0.1) is 42.7 Å². The second-order valence-corrected chi connectivity index (χ2v) is 10.1. The molecule has 2 N–H and O–H groups in total. The highest BCUT2D eigenvalue weighted by Gasteiger charge is 2.29. The van der Waals surface area contributed by atoms with Crippen LogP contribution < -0.4 is 10.6 Å². The Morgan fingerprint density at radius 2 is 1.93 bits per heavy atom. The molecular formula is C32H31N5O4. The number of fused-ring (bicyclic) bond motifs is 2. The zero-order valence-corrected chi connectivity index (χ0v) is 22.8. The third kappa shape index (κ3) is 5.49. The predicted molar refractivity (Wildman–Crippen MR) is 158 cm³/mol. The molecule has 1 aliphatic heterocycles. The van der Waals surface area contributed by atoms with E-state index in [2.05, 4.69) is 27.8 Å². The topological polar surface area (TPSA) is 107 Å². The molecule has 1 amide bonds. The van der Waals surface area contributed by atoms with Crippen LogP contribution in [0, 0.1) is 5.92 Å². The highest BCUT2D eigenvalue weighted by Crippen LogP contribution is 2.34. The summed E-state index contributed by atoms with van der Waals surface area (Å²) in [5.41, 5.74) is 5.19. The number of ether oxygens (including phenoxy) is 2. The van der Waals surface area contributed by atoms with Gasteiger partial charge in [0.1, 0.15) is 5.65 Å². The summed E-state index contributed by atoms with van der Waals surface area (Å²) in [7, 11) is 1.34. The average Bonchev–Trinajstić information content (AvgIpc) is 3.66. The smallest absolute Gasteiger partial charge is 0.356 e. The zero-order chi connectivity index (χ0) is 28.2. The van der Waals surface area contributed by atoms with Gasteiger partial charge in [0.15, 0.2) is 5.69 Å². The van der Waals surface area contributed by atoms with Crippen molar-refractivity contribution in [2.75, 3.05) is 31.0 Å². The number of benzene rings is 2. The molecule has 0 aliphatic carbocycles. The second-order valence-electron chi connectivity index (χ2n) is 10.1. The monoisotopic (exact) mass is 549 g/mol. The van der Waals surface area contributed by atoms with Crippen LogP contribution in [0.2, 0.25) is 0 Å². The Bertz CT molecular complexity index is 1700. The summed E-state index contributed by atoms with van der Waals surface area (Å²) in [6.07, 6.45) is 4.85. The Morgan fingerprint density at radius 3 is 2.73 bits per heavy atom. The lowest BCUT2D eigenvalue weighted by Crippen LogP contribution is -2.24. The molecule has 9 heteroatoms. The van der Waals surface area contributed by atoms with E-state index < -0.39 is 5.97 Å². The van der Waals surface area contributed by atoms with Gasteiger partial charge >= 0.3 is 5.97 Å². The summed E-state index contributed by atoms with van der Waals surface area (Å²) in [6.45, 7) is 1.93. The van der Waals surface area contributed by atoms with E-state index in [1.165, 1.54) is 7.11 Å². The van der Waals surface area contributed by atoms with Crippen LogP contribution in [-0.4, -0.2) is 46.7 Å². The van der Waals surface area contributed by atoms with Gasteiger partial charge in [-0.2, -0.15) is 0 Å². The number of aromatic nitrogens is 3. The number of esters is 1. The second kappa shape index (κ2) is 11.8. The average molecular weight is 550 g/mol. The molecule has 1 fully saturated rings. The minimum atomic E-state index is -0.535. The molecule has 9 nitrogen and oxygen atoms in total. The Kier molecular flexibility index (Phi) is 7.60. The molecule has 1 aliphatic rings. The fourth-order valence-electron chi connectivity index (χ4n) is 5.35. The third-order valence-corrected chi connectivity index (χ3v) is 7.51. The summed E-state index contributed by atoms with van der Waals surface area (Å²) in [5.74, 6) is -0.999. The molecule has 41 heavy (non-hydrogen) atoms. The SMILES string of the molecule is COC(=O)c1c(NC(=O)[C@H]2CCOC2)c2cc(NCc3cccc4ncccc34)cnc2n1CCc1ccccc1. The molecule has 0 radical (unpaired) electrons. The predicted octanol–water partition coefficient (Wildman–Crippen LogP) is 5.20. The molecule has 5 aromatic rings. The van der Waals surface area contributed by atoms with Gasteiger partial charge in [-0.1, -0.05) is 48.5 Å². The first kappa shape index (κ1) is 26.5. The normalized spacial score (nSPS) is 14.8. The number of rotatable bonds is 9. The Balaban J connectivity index is 1.38. The largest absolute Gasteiger partial charge is 0.464 e. The number of aryl methyl sites for hydroxylation is 2. The van der Waals surface area contributed by atoms with Crippen molar-refractivity contribution in [2.24, 2.45) is 5.92 Å². The Labute approximate surface area is 237 Å². The lowest BCUT2D eigenvalue weighted by molar-refractivity contribution is -0.119. The van der Waals surface area contributed by atoms with Gasteiger partial charge in [0.2, 0.25) is 5.91 Å². The first-order valence-electron chi connectivity index (χ1n) is 13.7. The van der Waals surface area contributed by atoms with Crippen LogP contribution >= 0.6 is 0 Å². The Morgan fingerprint density at radius 1 is 1.05 bits per heavy atom. The first-order chi connectivity index (χ1) is 20.1. The summed E-state index contributed by atoms with van der Waals surface area (Å²) >= 11 is 0. The number of carbonyl (C=O) groups excluding carboxylic acids is 2. The molecule has 1 atom stereocenters. The number of amides is 1. The van der Waals surface area contributed by atoms with Gasteiger partial charge in [0.25, 0.3) is 0 Å². The van der Waals surface area contributed by atoms with Crippen molar-refractivity contribution in [2.45, 2.75) is 25.9 Å². The zero-order valence-electron chi connectivity index (χ0n) is 22.8. The molecule has 2 aromatic carbocycles. The highest BCUT2D eigenvalue weighted by molar-refractivity contribution is 6.11. The molecule has 6 rings (SSSR count). The third-order valence-electron chi connectivity index (χ3n) is 7.51. The molecule has 208 valence electrons. The molecule has 0 unspecified atom stereocenters. The lowest BCUT2D eigenvalue weighted by atomic mass is 10.1. The lowest BCUT2D eigenvalue weighted by Gasteiger charge is -2.12. The molecular weight excluding hydrogens is 518 g/mol. The highest BCUT2D eigenvalue weighted by atomic mass is 16.5. The van der Waals surface area contributed by atoms with E-state index in [0.717, 1.165) is 27.7 Å². The maximum absolute atomic E-state index is 13.2. The van der Waals surface area contributed by atoms with Crippen molar-refractivity contribution in [1.82, 2.24) is 14.5 Å². The minimum absolute atomic E-state index is 0.184. The first-order valence-corrected chi connectivity index (χ1v) is 13.7. The van der Waals surface area contributed by atoms with Gasteiger partial charge in [-0.25, -0.2) is 9.78 Å². The van der Waals surface area contributed by atoms with Crippen LogP contribution in [0.25, 0.3) is 21.9 Å². The number of hydrogen-bond donors (Lipinski definition) is 2. The van der Waals surface area contributed by atoms with E-state index in [1.807, 2.05) is 59.2 Å². The van der Waals surface area contributed by atoms with Crippen LogP contribution in [-0.2, 0) is 33.8 Å². The van der Waals surface area contributed by atoms with Crippen molar-refractivity contribution < 1.29 is 19.1 Å². The van der Waals surface area contributed by atoms with Crippen molar-refractivity contribution in [1.29, 1.82) is 0 Å². The number of nitrogens with zero attached hydrogens (tertiary/aromatic N) is 3. The van der Waals surface area contributed by atoms with Crippen LogP contribution in [0.4, 0.5) is 11.4 Å². The molecule has 3 aromatic heterocycles. The van der Waals surface area contributed by atoms with E-state index in [-0.39, 0.29) is 17.5 Å². The molecule has 0 bridgehead atoms. The summed E-state index contributed by atoms with van der Waals surface area (Å²) in [5, 5.41) is 8.23. The van der Waals surface area contributed by atoms with E-state index in [1.54, 1.807) is 12.4 Å². The number of methoxy groups -OCH3 is 1. The summed E-state index contributed by atoms with van der Waals surface area (Å²) in [4.78, 5) is 35.7. The number of anilines is 2. The van der Waals surface area contributed by atoms with Crippen molar-refractivity contribution in [3.63, 3.8) is 0 Å². The van der Waals surface area contributed by atoms with E-state index in [0.29, 0.717) is 55.9 Å². The van der Waals surface area contributed by atoms with Crippen molar-refractivity contribution >= 4 is 45.2 Å². The number of pyridine rings is 2. The van der Waals surface area contributed by atoms with E-state index in [9.17, 15) is 9.59 Å². The fraction of sp³-hybridized carbons (Fsp3) is 0.250. The van der Waals surface area contributed by atoms with Gasteiger partial charge in [-0.15, -0.1) is 0 Å². The van der Waals surface area contributed by atoms with Gasteiger partial charge in [-0.3, -0.25) is 9.78 Å². The van der Waals surface area contributed by atoms with Gasteiger partial charge in [0, 0.05) is 36.7 Å². The quantitative estimate of drug-likeness (QED) is 0.243. The standard InChI is InChI=1S/C32H31N5O4/c1-40-32(39)29-28(36-31(38)23-13-16-41-20-23)26-17-24(34-18-22-9-5-11-27-25(22)10-6-14-33-27)19-35-30(26)37(29)15-12-21-7-3-2-4-8-21/h2-11,14,17,19,23,34H,12-13,15-16,18,20H2,1H3,(H,36,38)/t23-/m0/s1. The van der Waals surface area contributed by atoms with Crippen molar-refractivity contribution in [3.8, 4) is 0 Å². The van der Waals surface area contributed by atoms with Crippen LogP contribution in [0.1, 0.15) is 28.0 Å². The van der Waals surface area contributed by atoms with Gasteiger partial charge < -0.3 is 24.7 Å². The number of hydrogen-bond acceptors (Lipinski definition) is 7. The van der Waals surface area contributed by atoms with Crippen LogP contribution in [0.5, 0.6) is 0 Å². The van der Waals surface area contributed by atoms with Crippen molar-refractivity contribution in [3.05, 3.63) is 95.9 Å². The molecule has 0 spiro atoms.